The summed E-state index contributed by atoms with van der Waals surface area (Å²) in [5.41, 5.74) is 0. The number of halogens is 3. The molecule has 0 aliphatic carbocycles. The molecule has 2 rings (SSSR count). The van der Waals surface area contributed by atoms with Crippen LogP contribution < -0.4 is 5.32 Å². The van der Waals surface area contributed by atoms with Crippen molar-refractivity contribution in [1.29, 1.82) is 0 Å². The van der Waals surface area contributed by atoms with Crippen molar-refractivity contribution in [2.75, 3.05) is 20.1 Å². The molecule has 1 aliphatic heterocycles. The number of nitrogens with one attached hydrogen (secondary N) is 1. The molecule has 0 atom stereocenters. The number of hydrogen-bond acceptors (Lipinski definition) is 3. The van der Waals surface area contributed by atoms with Crippen molar-refractivity contribution in [2.45, 2.75) is 23.8 Å². The van der Waals surface area contributed by atoms with Crippen molar-refractivity contribution in [3.05, 3.63) is 27.7 Å². The minimum absolute atomic E-state index is 0. The van der Waals surface area contributed by atoms with Gasteiger partial charge in [-0.05, 0) is 60.1 Å². The summed E-state index contributed by atoms with van der Waals surface area (Å²) in [6, 6.07) is 4.76. The summed E-state index contributed by atoms with van der Waals surface area (Å²) in [4.78, 5) is 0.238. The number of hydrogen-bond donors (Lipinski definition) is 1. The number of rotatable bonds is 3. The van der Waals surface area contributed by atoms with E-state index in [4.69, 9.17) is 11.6 Å². The number of benzene rings is 1. The van der Waals surface area contributed by atoms with Gasteiger partial charge in [0, 0.05) is 17.6 Å². The average Bonchev–Trinajstić information content (AvgIpc) is 2.41. The van der Waals surface area contributed by atoms with Crippen LogP contribution in [0.4, 0.5) is 0 Å². The summed E-state index contributed by atoms with van der Waals surface area (Å²) in [7, 11) is -1.84. The number of nitrogens with zero attached hydrogens (tertiary/aromatic N) is 1. The van der Waals surface area contributed by atoms with Crippen LogP contribution in [0.1, 0.15) is 12.8 Å². The number of piperidine rings is 1. The quantitative estimate of drug-likeness (QED) is 0.843. The highest BCUT2D eigenvalue weighted by molar-refractivity contribution is 9.10. The van der Waals surface area contributed by atoms with Gasteiger partial charge in [0.05, 0.1) is 9.92 Å². The Kier molecular flexibility index (Phi) is 6.76. The van der Waals surface area contributed by atoms with Crippen LogP contribution in [0, 0.1) is 0 Å². The lowest BCUT2D eigenvalue weighted by molar-refractivity contribution is 0.296. The summed E-state index contributed by atoms with van der Waals surface area (Å²) >= 11 is 9.23. The fourth-order valence-electron chi connectivity index (χ4n) is 2.17. The first-order valence-electron chi connectivity index (χ1n) is 6.07. The Labute approximate surface area is 139 Å². The fourth-order valence-corrected chi connectivity index (χ4v) is 4.10. The molecular weight excluding hydrogens is 387 g/mol. The molecule has 0 radical (unpaired) electrons. The third-order valence-electron chi connectivity index (χ3n) is 3.39. The zero-order chi connectivity index (χ0) is 14.0. The van der Waals surface area contributed by atoms with E-state index in [0.29, 0.717) is 9.50 Å². The summed E-state index contributed by atoms with van der Waals surface area (Å²) < 4.78 is 27.2. The van der Waals surface area contributed by atoms with E-state index in [1.165, 1.54) is 10.4 Å². The largest absolute Gasteiger partial charge is 0.317 e. The molecule has 1 N–H and O–H groups in total. The van der Waals surface area contributed by atoms with Crippen molar-refractivity contribution >= 4 is 50.0 Å². The van der Waals surface area contributed by atoms with Gasteiger partial charge < -0.3 is 5.32 Å². The van der Waals surface area contributed by atoms with E-state index >= 15 is 0 Å². The first kappa shape index (κ1) is 18.2. The molecule has 0 bridgehead atoms. The maximum absolute atomic E-state index is 12.5. The highest BCUT2D eigenvalue weighted by Crippen LogP contribution is 2.28. The van der Waals surface area contributed by atoms with E-state index < -0.39 is 10.0 Å². The highest BCUT2D eigenvalue weighted by atomic mass is 79.9. The predicted octanol–water partition coefficient (Wildman–Crippen LogP) is 2.90. The van der Waals surface area contributed by atoms with Gasteiger partial charge in [-0.15, -0.1) is 12.4 Å². The molecule has 114 valence electrons. The van der Waals surface area contributed by atoms with Gasteiger partial charge in [-0.2, -0.15) is 4.31 Å². The number of sulfonamides is 1. The molecule has 1 heterocycles. The van der Waals surface area contributed by atoms with Crippen LogP contribution in [0.15, 0.2) is 27.6 Å². The topological polar surface area (TPSA) is 49.4 Å². The van der Waals surface area contributed by atoms with Gasteiger partial charge in [0.1, 0.15) is 0 Å². The Morgan fingerprint density at radius 2 is 1.95 bits per heavy atom. The van der Waals surface area contributed by atoms with Gasteiger partial charge in [-0.1, -0.05) is 11.6 Å². The van der Waals surface area contributed by atoms with E-state index in [1.807, 2.05) is 0 Å². The molecule has 8 heteroatoms. The van der Waals surface area contributed by atoms with Crippen LogP contribution in [0.2, 0.25) is 5.02 Å². The van der Waals surface area contributed by atoms with Gasteiger partial charge in [0.25, 0.3) is 0 Å². The zero-order valence-electron chi connectivity index (χ0n) is 11.0. The monoisotopic (exact) mass is 402 g/mol. The Morgan fingerprint density at radius 3 is 2.50 bits per heavy atom. The Morgan fingerprint density at radius 1 is 1.35 bits per heavy atom. The van der Waals surface area contributed by atoms with Crippen molar-refractivity contribution in [3.8, 4) is 0 Å². The molecule has 1 aromatic carbocycles. The molecule has 1 saturated heterocycles. The van der Waals surface area contributed by atoms with E-state index in [-0.39, 0.29) is 23.3 Å². The second-order valence-corrected chi connectivity index (χ2v) is 7.84. The minimum Gasteiger partial charge on any atom is -0.317 e. The molecule has 0 spiro atoms. The van der Waals surface area contributed by atoms with E-state index in [0.717, 1.165) is 25.9 Å². The lowest BCUT2D eigenvalue weighted by atomic mass is 10.1. The third kappa shape index (κ3) is 3.87. The molecule has 0 unspecified atom stereocenters. The normalized spacial score (nSPS) is 17.0. The molecule has 0 amide bonds. The standard InChI is InChI=1S/C12H16BrClN2O2S.ClH/c1-16(9-4-6-15-7-5-9)19(17,18)10-2-3-11(13)12(14)8-10;/h2-3,8-9,15H,4-7H2,1H3;1H. The highest BCUT2D eigenvalue weighted by Gasteiger charge is 2.29. The van der Waals surface area contributed by atoms with Gasteiger partial charge in [-0.25, -0.2) is 8.42 Å². The smallest absolute Gasteiger partial charge is 0.243 e. The van der Waals surface area contributed by atoms with Crippen molar-refractivity contribution in [1.82, 2.24) is 9.62 Å². The molecule has 0 saturated carbocycles. The molecule has 0 aromatic heterocycles. The van der Waals surface area contributed by atoms with Gasteiger partial charge in [0.2, 0.25) is 10.0 Å². The van der Waals surface area contributed by atoms with E-state index in [1.54, 1.807) is 19.2 Å². The van der Waals surface area contributed by atoms with Crippen molar-refractivity contribution in [3.63, 3.8) is 0 Å². The second kappa shape index (κ2) is 7.42. The third-order valence-corrected chi connectivity index (χ3v) is 6.53. The average molecular weight is 404 g/mol. The zero-order valence-corrected chi connectivity index (χ0v) is 14.9. The van der Waals surface area contributed by atoms with Gasteiger partial charge in [-0.3, -0.25) is 0 Å². The van der Waals surface area contributed by atoms with Crippen LogP contribution in [-0.4, -0.2) is 38.9 Å². The van der Waals surface area contributed by atoms with Crippen LogP contribution in [0.5, 0.6) is 0 Å². The van der Waals surface area contributed by atoms with E-state index in [2.05, 4.69) is 21.2 Å². The summed E-state index contributed by atoms with van der Waals surface area (Å²) in [5, 5.41) is 3.63. The van der Waals surface area contributed by atoms with Gasteiger partial charge in [0.15, 0.2) is 0 Å². The Hall–Kier alpha value is 0.150. The van der Waals surface area contributed by atoms with Crippen molar-refractivity contribution < 1.29 is 8.42 Å². The fraction of sp³-hybridized carbons (Fsp3) is 0.500. The summed E-state index contributed by atoms with van der Waals surface area (Å²) in [6.45, 7) is 1.71. The van der Waals surface area contributed by atoms with E-state index in [9.17, 15) is 8.42 Å². The molecule has 20 heavy (non-hydrogen) atoms. The van der Waals surface area contributed by atoms with Gasteiger partial charge >= 0.3 is 0 Å². The summed E-state index contributed by atoms with van der Waals surface area (Å²) in [6.07, 6.45) is 1.67. The Balaban J connectivity index is 0.00000200. The van der Waals surface area contributed by atoms with Crippen LogP contribution >= 0.6 is 39.9 Å². The summed E-state index contributed by atoms with van der Waals surface area (Å²) in [5.74, 6) is 0. The molecule has 1 aliphatic rings. The lowest BCUT2D eigenvalue weighted by Crippen LogP contribution is -2.43. The lowest BCUT2D eigenvalue weighted by Gasteiger charge is -2.30. The second-order valence-electron chi connectivity index (χ2n) is 4.58. The Bertz CT molecular complexity index is 563. The predicted molar refractivity (Wildman–Crippen MR) is 87.2 cm³/mol. The molecule has 4 nitrogen and oxygen atoms in total. The minimum atomic E-state index is -3.48. The van der Waals surface area contributed by atoms with Crippen molar-refractivity contribution in [2.24, 2.45) is 0 Å². The molecule has 1 fully saturated rings. The SMILES string of the molecule is CN(C1CCNCC1)S(=O)(=O)c1ccc(Br)c(Cl)c1.Cl. The van der Waals surface area contributed by atoms with Crippen LogP contribution in [0.25, 0.3) is 0 Å². The molecule has 1 aromatic rings. The molecular formula is C12H17BrCl2N2O2S. The van der Waals surface area contributed by atoms with Crippen LogP contribution in [-0.2, 0) is 10.0 Å². The van der Waals surface area contributed by atoms with Crippen LogP contribution in [0.3, 0.4) is 0 Å². The maximum Gasteiger partial charge on any atom is 0.243 e. The first-order chi connectivity index (χ1) is 8.93. The first-order valence-corrected chi connectivity index (χ1v) is 8.68. The maximum atomic E-state index is 12.5.